The van der Waals surface area contributed by atoms with Crippen LogP contribution in [0.5, 0.6) is 0 Å². The fourth-order valence-corrected chi connectivity index (χ4v) is 1.43. The van der Waals surface area contributed by atoms with E-state index in [0.717, 1.165) is 12.0 Å². The summed E-state index contributed by atoms with van der Waals surface area (Å²) in [5.41, 5.74) is 0.0848. The van der Waals surface area contributed by atoms with Crippen LogP contribution in [-0.2, 0) is 6.42 Å². The third-order valence-corrected chi connectivity index (χ3v) is 2.25. The molecule has 0 unspecified atom stereocenters. The molecule has 0 aliphatic rings. The number of carbonyl (C=O) groups is 1. The molecule has 0 bridgehead atoms. The number of Topliss-reactive ketones (excluding diaryl/α,β-unsaturated/α-hetero) is 1. The van der Waals surface area contributed by atoms with Crippen molar-refractivity contribution in [2.24, 2.45) is 0 Å². The van der Waals surface area contributed by atoms with Crippen molar-refractivity contribution in [2.75, 3.05) is 0 Å². The maximum atomic E-state index is 13.2. The molecule has 0 spiro atoms. The fourth-order valence-electron chi connectivity index (χ4n) is 1.43. The van der Waals surface area contributed by atoms with Crippen LogP contribution in [-0.4, -0.2) is 10.8 Å². The number of rotatable bonds is 4. The standard InChI is InChI=1S/C12H10FNO2/c13-11-8-14-6-5-10(11)12(15)4-3-9-2-1-7-16-9/h1-2,5-8H,3-4H2. The number of aromatic nitrogens is 1. The van der Waals surface area contributed by atoms with Gasteiger partial charge in [0.15, 0.2) is 11.6 Å². The van der Waals surface area contributed by atoms with Gasteiger partial charge in [0.25, 0.3) is 0 Å². The minimum absolute atomic E-state index is 0.0848. The first kappa shape index (κ1) is 10.5. The lowest BCUT2D eigenvalue weighted by molar-refractivity contribution is 0.0977. The molecule has 0 aliphatic heterocycles. The van der Waals surface area contributed by atoms with Crippen molar-refractivity contribution in [2.45, 2.75) is 12.8 Å². The van der Waals surface area contributed by atoms with Crippen LogP contribution in [0.1, 0.15) is 22.5 Å². The molecular formula is C12H10FNO2. The normalized spacial score (nSPS) is 10.3. The van der Waals surface area contributed by atoms with E-state index in [-0.39, 0.29) is 17.8 Å². The van der Waals surface area contributed by atoms with Crippen molar-refractivity contribution in [1.29, 1.82) is 0 Å². The van der Waals surface area contributed by atoms with Crippen molar-refractivity contribution in [3.63, 3.8) is 0 Å². The summed E-state index contributed by atoms with van der Waals surface area (Å²) in [6.07, 6.45) is 4.71. The van der Waals surface area contributed by atoms with Crippen LogP contribution >= 0.6 is 0 Å². The molecule has 0 aromatic carbocycles. The highest BCUT2D eigenvalue weighted by atomic mass is 19.1. The summed E-state index contributed by atoms with van der Waals surface area (Å²) >= 11 is 0. The van der Waals surface area contributed by atoms with Crippen LogP contribution in [0.3, 0.4) is 0 Å². The molecule has 0 radical (unpaired) electrons. The predicted molar refractivity (Wildman–Crippen MR) is 55.6 cm³/mol. The maximum absolute atomic E-state index is 13.2. The molecular weight excluding hydrogens is 209 g/mol. The second kappa shape index (κ2) is 4.70. The topological polar surface area (TPSA) is 43.1 Å². The van der Waals surface area contributed by atoms with E-state index in [1.54, 1.807) is 18.4 Å². The number of furan rings is 1. The minimum atomic E-state index is -0.577. The van der Waals surface area contributed by atoms with Crippen LogP contribution in [0, 0.1) is 5.82 Å². The van der Waals surface area contributed by atoms with Gasteiger partial charge in [-0.1, -0.05) is 0 Å². The Balaban J connectivity index is 2.01. The van der Waals surface area contributed by atoms with Gasteiger partial charge in [0.1, 0.15) is 5.76 Å². The third-order valence-electron chi connectivity index (χ3n) is 2.25. The van der Waals surface area contributed by atoms with Crippen LogP contribution in [0.2, 0.25) is 0 Å². The van der Waals surface area contributed by atoms with Crippen LogP contribution in [0.25, 0.3) is 0 Å². The zero-order valence-corrected chi connectivity index (χ0v) is 8.52. The van der Waals surface area contributed by atoms with Gasteiger partial charge in [-0.3, -0.25) is 9.78 Å². The monoisotopic (exact) mass is 219 g/mol. The Hall–Kier alpha value is -1.97. The lowest BCUT2D eigenvalue weighted by Crippen LogP contribution is -2.04. The Bertz CT molecular complexity index is 480. The fraction of sp³-hybridized carbons (Fsp3) is 0.167. The average Bonchev–Trinajstić information content (AvgIpc) is 2.79. The molecule has 16 heavy (non-hydrogen) atoms. The summed E-state index contributed by atoms with van der Waals surface area (Å²) < 4.78 is 18.3. The zero-order chi connectivity index (χ0) is 11.4. The predicted octanol–water partition coefficient (Wildman–Crippen LogP) is 2.63. The molecule has 0 saturated heterocycles. The Kier molecular flexibility index (Phi) is 3.10. The largest absolute Gasteiger partial charge is 0.469 e. The number of halogens is 1. The second-order valence-corrected chi connectivity index (χ2v) is 3.36. The van der Waals surface area contributed by atoms with Gasteiger partial charge in [-0.2, -0.15) is 0 Å². The lowest BCUT2D eigenvalue weighted by atomic mass is 10.1. The van der Waals surface area contributed by atoms with Gasteiger partial charge in [-0.15, -0.1) is 0 Å². The van der Waals surface area contributed by atoms with Crippen LogP contribution in [0.15, 0.2) is 41.3 Å². The Morgan fingerprint density at radius 3 is 3.00 bits per heavy atom. The zero-order valence-electron chi connectivity index (χ0n) is 8.52. The quantitative estimate of drug-likeness (QED) is 0.742. The van der Waals surface area contributed by atoms with Crippen LogP contribution in [0.4, 0.5) is 4.39 Å². The number of pyridine rings is 1. The molecule has 0 N–H and O–H groups in total. The maximum Gasteiger partial charge on any atom is 0.166 e. The first-order valence-corrected chi connectivity index (χ1v) is 4.92. The van der Waals surface area contributed by atoms with Gasteiger partial charge in [0, 0.05) is 19.0 Å². The number of hydrogen-bond acceptors (Lipinski definition) is 3. The molecule has 4 heteroatoms. The summed E-state index contributed by atoms with van der Waals surface area (Å²) in [5.74, 6) is -0.0916. The van der Waals surface area contributed by atoms with Crippen LogP contribution < -0.4 is 0 Å². The van der Waals surface area contributed by atoms with E-state index in [2.05, 4.69) is 4.98 Å². The molecule has 2 rings (SSSR count). The number of nitrogens with zero attached hydrogens (tertiary/aromatic N) is 1. The summed E-state index contributed by atoms with van der Waals surface area (Å²) in [6, 6.07) is 4.93. The van der Waals surface area contributed by atoms with Gasteiger partial charge < -0.3 is 4.42 Å². The molecule has 0 saturated carbocycles. The van der Waals surface area contributed by atoms with Crippen molar-refractivity contribution < 1.29 is 13.6 Å². The summed E-state index contributed by atoms with van der Waals surface area (Å²) in [5, 5.41) is 0. The van der Waals surface area contributed by atoms with E-state index in [9.17, 15) is 9.18 Å². The lowest BCUT2D eigenvalue weighted by Gasteiger charge is -2.00. The molecule has 0 atom stereocenters. The smallest absolute Gasteiger partial charge is 0.166 e. The van der Waals surface area contributed by atoms with Gasteiger partial charge >= 0.3 is 0 Å². The van der Waals surface area contributed by atoms with Crippen molar-refractivity contribution in [3.8, 4) is 0 Å². The van der Waals surface area contributed by atoms with Gasteiger partial charge in [-0.25, -0.2) is 4.39 Å². The van der Waals surface area contributed by atoms with E-state index in [4.69, 9.17) is 4.42 Å². The first-order valence-electron chi connectivity index (χ1n) is 4.92. The molecule has 2 aromatic heterocycles. The van der Waals surface area contributed by atoms with E-state index < -0.39 is 5.82 Å². The van der Waals surface area contributed by atoms with Gasteiger partial charge in [-0.05, 0) is 18.2 Å². The highest BCUT2D eigenvalue weighted by molar-refractivity contribution is 5.96. The highest BCUT2D eigenvalue weighted by Gasteiger charge is 2.11. The first-order chi connectivity index (χ1) is 7.77. The Morgan fingerprint density at radius 1 is 1.44 bits per heavy atom. The molecule has 3 nitrogen and oxygen atoms in total. The molecule has 2 heterocycles. The van der Waals surface area contributed by atoms with E-state index in [0.29, 0.717) is 6.42 Å². The molecule has 2 aromatic rings. The Morgan fingerprint density at radius 2 is 2.31 bits per heavy atom. The molecule has 82 valence electrons. The average molecular weight is 219 g/mol. The SMILES string of the molecule is O=C(CCc1ccco1)c1ccncc1F. The van der Waals surface area contributed by atoms with E-state index in [1.165, 1.54) is 12.3 Å². The third kappa shape index (κ3) is 2.34. The summed E-state index contributed by atoms with van der Waals surface area (Å²) in [4.78, 5) is 15.2. The van der Waals surface area contributed by atoms with E-state index >= 15 is 0 Å². The summed E-state index contributed by atoms with van der Waals surface area (Å²) in [6.45, 7) is 0. The molecule has 0 amide bonds. The minimum Gasteiger partial charge on any atom is -0.469 e. The second-order valence-electron chi connectivity index (χ2n) is 3.36. The van der Waals surface area contributed by atoms with Crippen molar-refractivity contribution >= 4 is 5.78 Å². The summed E-state index contributed by atoms with van der Waals surface area (Å²) in [7, 11) is 0. The van der Waals surface area contributed by atoms with E-state index in [1.807, 2.05) is 0 Å². The number of hydrogen-bond donors (Lipinski definition) is 0. The highest BCUT2D eigenvalue weighted by Crippen LogP contribution is 2.11. The van der Waals surface area contributed by atoms with Gasteiger partial charge in [0.05, 0.1) is 18.0 Å². The molecule has 0 fully saturated rings. The van der Waals surface area contributed by atoms with Gasteiger partial charge in [0.2, 0.25) is 0 Å². The van der Waals surface area contributed by atoms with Crippen molar-refractivity contribution in [3.05, 3.63) is 54.0 Å². The number of carbonyl (C=O) groups excluding carboxylic acids is 1. The number of aryl methyl sites for hydroxylation is 1. The Labute approximate surface area is 91.9 Å². The number of ketones is 1. The van der Waals surface area contributed by atoms with Crippen molar-refractivity contribution in [1.82, 2.24) is 4.98 Å². The molecule has 0 aliphatic carbocycles.